The fraction of sp³-hybridized carbons (Fsp3) is 0.500. The van der Waals surface area contributed by atoms with E-state index in [0.717, 1.165) is 60.6 Å². The molecule has 0 bridgehead atoms. The van der Waals surface area contributed by atoms with E-state index in [9.17, 15) is 4.79 Å². The number of fused-ring (bicyclic) bond motifs is 1. The number of rotatable bonds is 3. The minimum Gasteiger partial charge on any atom is -0.336 e. The van der Waals surface area contributed by atoms with Crippen molar-refractivity contribution >= 4 is 11.6 Å². The maximum absolute atomic E-state index is 13.3. The van der Waals surface area contributed by atoms with Crippen molar-refractivity contribution in [2.24, 2.45) is 0 Å². The summed E-state index contributed by atoms with van der Waals surface area (Å²) in [4.78, 5) is 21.7. The lowest BCUT2D eigenvalue weighted by molar-refractivity contribution is 0.0755. The van der Waals surface area contributed by atoms with E-state index in [-0.39, 0.29) is 11.8 Å². The Bertz CT molecular complexity index is 1000. The zero-order chi connectivity index (χ0) is 19.8. The van der Waals surface area contributed by atoms with Crippen LogP contribution in [0, 0.1) is 6.92 Å². The van der Waals surface area contributed by atoms with E-state index in [0.29, 0.717) is 5.69 Å². The van der Waals surface area contributed by atoms with Crippen molar-refractivity contribution in [3.63, 3.8) is 0 Å². The average Bonchev–Trinajstić information content (AvgIpc) is 3.25. The second-order valence-electron chi connectivity index (χ2n) is 7.90. The number of nitrogens with zero attached hydrogens (tertiary/aromatic N) is 6. The zero-order valence-corrected chi connectivity index (χ0v) is 16.9. The number of nitrogens with one attached hydrogen (secondary N) is 1. The summed E-state index contributed by atoms with van der Waals surface area (Å²) in [5.41, 5.74) is 5.20. The standard InChI is InChI=1S/C20H27N7O/c1-13(2)16-17(15-10-14(3)19-21-12-22-27(19)11-15)23-24-18(16)20(28)26-7-5-6-25(4)8-9-26/h10-13H,5-9H2,1-4H3,(H,23,24). The lowest BCUT2D eigenvalue weighted by Crippen LogP contribution is -2.35. The second kappa shape index (κ2) is 7.35. The Hall–Kier alpha value is -2.74. The molecule has 0 unspecified atom stereocenters. The van der Waals surface area contributed by atoms with Gasteiger partial charge < -0.3 is 9.80 Å². The van der Waals surface area contributed by atoms with Gasteiger partial charge in [0.2, 0.25) is 0 Å². The van der Waals surface area contributed by atoms with Crippen LogP contribution in [-0.4, -0.2) is 73.7 Å². The third-order valence-electron chi connectivity index (χ3n) is 5.44. The molecule has 1 fully saturated rings. The molecule has 1 aliphatic rings. The minimum atomic E-state index is 0.0139. The number of aromatic nitrogens is 5. The van der Waals surface area contributed by atoms with Gasteiger partial charge in [-0.2, -0.15) is 10.2 Å². The van der Waals surface area contributed by atoms with Crippen molar-refractivity contribution in [1.82, 2.24) is 34.6 Å². The van der Waals surface area contributed by atoms with Crippen molar-refractivity contribution in [3.8, 4) is 11.3 Å². The molecular weight excluding hydrogens is 354 g/mol. The number of amides is 1. The van der Waals surface area contributed by atoms with Crippen molar-refractivity contribution in [3.05, 3.63) is 35.4 Å². The van der Waals surface area contributed by atoms with Gasteiger partial charge in [0.05, 0.1) is 5.69 Å². The first kappa shape index (κ1) is 18.6. The van der Waals surface area contributed by atoms with Crippen LogP contribution in [0.2, 0.25) is 0 Å². The first-order chi connectivity index (χ1) is 13.5. The molecule has 148 valence electrons. The van der Waals surface area contributed by atoms with E-state index in [2.05, 4.69) is 52.1 Å². The topological polar surface area (TPSA) is 82.4 Å². The maximum atomic E-state index is 13.3. The summed E-state index contributed by atoms with van der Waals surface area (Å²) in [7, 11) is 2.10. The number of hydrogen-bond donors (Lipinski definition) is 1. The molecule has 0 atom stereocenters. The number of carbonyl (C=O) groups is 1. The molecule has 0 aromatic carbocycles. The molecular formula is C20H27N7O. The summed E-state index contributed by atoms with van der Waals surface area (Å²) < 4.78 is 1.77. The molecule has 4 heterocycles. The van der Waals surface area contributed by atoms with Crippen LogP contribution in [0.3, 0.4) is 0 Å². The first-order valence-electron chi connectivity index (χ1n) is 9.82. The molecule has 3 aromatic rings. The van der Waals surface area contributed by atoms with E-state index in [1.54, 1.807) is 10.8 Å². The van der Waals surface area contributed by atoms with Gasteiger partial charge in [-0.05, 0) is 44.5 Å². The summed E-state index contributed by atoms with van der Waals surface area (Å²) in [6.45, 7) is 9.63. The van der Waals surface area contributed by atoms with E-state index in [1.807, 2.05) is 18.0 Å². The van der Waals surface area contributed by atoms with Gasteiger partial charge in [-0.1, -0.05) is 13.8 Å². The van der Waals surface area contributed by atoms with Crippen molar-refractivity contribution in [2.45, 2.75) is 33.1 Å². The highest BCUT2D eigenvalue weighted by atomic mass is 16.2. The summed E-state index contributed by atoms with van der Waals surface area (Å²) in [5, 5.41) is 11.9. The summed E-state index contributed by atoms with van der Waals surface area (Å²) in [5.74, 6) is 0.175. The summed E-state index contributed by atoms with van der Waals surface area (Å²) >= 11 is 0. The number of likely N-dealkylation sites (N-methyl/N-ethyl adjacent to an activating group) is 1. The Labute approximate surface area is 164 Å². The Kier molecular flexibility index (Phi) is 4.89. The van der Waals surface area contributed by atoms with Gasteiger partial charge in [-0.15, -0.1) is 0 Å². The van der Waals surface area contributed by atoms with Crippen molar-refractivity contribution in [1.29, 1.82) is 0 Å². The van der Waals surface area contributed by atoms with Crippen molar-refractivity contribution < 1.29 is 4.79 Å². The van der Waals surface area contributed by atoms with Gasteiger partial charge in [-0.25, -0.2) is 9.50 Å². The smallest absolute Gasteiger partial charge is 0.274 e. The average molecular weight is 381 g/mol. The predicted octanol–water partition coefficient (Wildman–Crippen LogP) is 2.33. The third-order valence-corrected chi connectivity index (χ3v) is 5.44. The van der Waals surface area contributed by atoms with Crippen LogP contribution in [0.15, 0.2) is 18.6 Å². The molecule has 0 spiro atoms. The van der Waals surface area contributed by atoms with Gasteiger partial charge in [0.15, 0.2) is 11.3 Å². The van der Waals surface area contributed by atoms with E-state index in [1.165, 1.54) is 0 Å². The van der Waals surface area contributed by atoms with Gasteiger partial charge in [0.25, 0.3) is 5.91 Å². The SMILES string of the molecule is Cc1cc(-c2[nH]nc(C(=O)N3CCCN(C)CC3)c2C(C)C)cn2ncnc12. The number of pyridine rings is 1. The molecule has 28 heavy (non-hydrogen) atoms. The first-order valence-corrected chi connectivity index (χ1v) is 9.82. The Morgan fingerprint density at radius 2 is 2.04 bits per heavy atom. The van der Waals surface area contributed by atoms with E-state index in [4.69, 9.17) is 0 Å². The molecule has 1 aliphatic heterocycles. The van der Waals surface area contributed by atoms with Gasteiger partial charge in [0.1, 0.15) is 6.33 Å². The molecule has 1 N–H and O–H groups in total. The predicted molar refractivity (Wildman–Crippen MR) is 107 cm³/mol. The van der Waals surface area contributed by atoms with Crippen LogP contribution in [-0.2, 0) is 0 Å². The number of H-pyrrole nitrogens is 1. The lowest BCUT2D eigenvalue weighted by atomic mass is 9.96. The molecule has 8 heteroatoms. The van der Waals surface area contributed by atoms with Crippen LogP contribution >= 0.6 is 0 Å². The van der Waals surface area contributed by atoms with Gasteiger partial charge >= 0.3 is 0 Å². The fourth-order valence-electron chi connectivity index (χ4n) is 3.93. The highest BCUT2D eigenvalue weighted by Gasteiger charge is 2.27. The highest BCUT2D eigenvalue weighted by molar-refractivity contribution is 5.95. The monoisotopic (exact) mass is 381 g/mol. The van der Waals surface area contributed by atoms with Crippen LogP contribution in [0.1, 0.15) is 47.8 Å². The molecule has 1 saturated heterocycles. The maximum Gasteiger partial charge on any atom is 0.274 e. The van der Waals surface area contributed by atoms with Gasteiger partial charge in [-0.3, -0.25) is 9.89 Å². The zero-order valence-electron chi connectivity index (χ0n) is 16.9. The van der Waals surface area contributed by atoms with E-state index < -0.39 is 0 Å². The Balaban J connectivity index is 1.74. The lowest BCUT2D eigenvalue weighted by Gasteiger charge is -2.20. The molecule has 3 aromatic heterocycles. The molecule has 0 saturated carbocycles. The second-order valence-corrected chi connectivity index (χ2v) is 7.90. The fourth-order valence-corrected chi connectivity index (χ4v) is 3.93. The minimum absolute atomic E-state index is 0.0139. The largest absolute Gasteiger partial charge is 0.336 e. The molecule has 4 rings (SSSR count). The number of carbonyl (C=O) groups excluding carboxylic acids is 1. The van der Waals surface area contributed by atoms with E-state index >= 15 is 0 Å². The van der Waals surface area contributed by atoms with Crippen LogP contribution in [0.4, 0.5) is 0 Å². The Morgan fingerprint density at radius 1 is 1.21 bits per heavy atom. The van der Waals surface area contributed by atoms with Crippen LogP contribution in [0.5, 0.6) is 0 Å². The van der Waals surface area contributed by atoms with Crippen LogP contribution < -0.4 is 0 Å². The quantitative estimate of drug-likeness (QED) is 0.753. The number of aromatic amines is 1. The summed E-state index contributed by atoms with van der Waals surface area (Å²) in [6, 6.07) is 2.07. The number of hydrogen-bond acceptors (Lipinski definition) is 5. The summed E-state index contributed by atoms with van der Waals surface area (Å²) in [6.07, 6.45) is 4.47. The van der Waals surface area contributed by atoms with Crippen LogP contribution in [0.25, 0.3) is 16.9 Å². The third kappa shape index (κ3) is 3.28. The molecule has 1 amide bonds. The normalized spacial score (nSPS) is 16.1. The molecule has 0 aliphatic carbocycles. The number of aryl methyl sites for hydroxylation is 1. The molecule has 8 nitrogen and oxygen atoms in total. The van der Waals surface area contributed by atoms with Gasteiger partial charge in [0, 0.05) is 37.0 Å². The highest BCUT2D eigenvalue weighted by Crippen LogP contribution is 2.31. The molecule has 0 radical (unpaired) electrons. The van der Waals surface area contributed by atoms with Crippen molar-refractivity contribution in [2.75, 3.05) is 33.2 Å². The Morgan fingerprint density at radius 3 is 2.82 bits per heavy atom.